The number of anilines is 1. The maximum Gasteiger partial charge on any atom is 0.348 e. The number of aromatic nitrogens is 1. The van der Waals surface area contributed by atoms with E-state index in [0.29, 0.717) is 11.5 Å². The van der Waals surface area contributed by atoms with E-state index in [4.69, 9.17) is 4.74 Å². The lowest BCUT2D eigenvalue weighted by Gasteiger charge is -2.11. The molecule has 0 atom stereocenters. The molecule has 3 heterocycles. The zero-order valence-electron chi connectivity index (χ0n) is 10.1. The van der Waals surface area contributed by atoms with Gasteiger partial charge in [0.15, 0.2) is 5.13 Å². The lowest BCUT2D eigenvalue weighted by Crippen LogP contribution is -2.16. The highest BCUT2D eigenvalue weighted by molar-refractivity contribution is 7.29. The van der Waals surface area contributed by atoms with Crippen molar-refractivity contribution in [3.63, 3.8) is 0 Å². The summed E-state index contributed by atoms with van der Waals surface area (Å²) in [6.45, 7) is 4.44. The second-order valence-electron chi connectivity index (χ2n) is 4.19. The van der Waals surface area contributed by atoms with Crippen LogP contribution in [0, 0.1) is 0 Å². The predicted octanol–water partition coefficient (Wildman–Crippen LogP) is 3.13. The van der Waals surface area contributed by atoms with Crippen LogP contribution >= 0.6 is 22.7 Å². The predicted molar refractivity (Wildman–Crippen MR) is 74.9 cm³/mol. The monoisotopic (exact) mass is 282 g/mol. The summed E-state index contributed by atoms with van der Waals surface area (Å²) in [7, 11) is 0. The standard InChI is InChI=1S/C12H14N2O2S2/c1-2-16-11(15)9-7-8-10(17-9)13-12(18-8)14-5-3-4-6-14/h7H,2-6H2,1H3. The quantitative estimate of drug-likeness (QED) is 0.811. The molecule has 0 amide bonds. The molecule has 0 saturated carbocycles. The summed E-state index contributed by atoms with van der Waals surface area (Å²) in [5.74, 6) is -0.240. The first-order valence-corrected chi connectivity index (χ1v) is 7.73. The largest absolute Gasteiger partial charge is 0.462 e. The van der Waals surface area contributed by atoms with Crippen molar-refractivity contribution < 1.29 is 9.53 Å². The number of carbonyl (C=O) groups excluding carboxylic acids is 1. The van der Waals surface area contributed by atoms with Crippen molar-refractivity contribution in [3.8, 4) is 0 Å². The number of fused-ring (bicyclic) bond motifs is 1. The Hall–Kier alpha value is -1.14. The molecule has 0 unspecified atom stereocenters. The zero-order valence-corrected chi connectivity index (χ0v) is 11.8. The summed E-state index contributed by atoms with van der Waals surface area (Å²) >= 11 is 3.09. The van der Waals surface area contributed by atoms with Gasteiger partial charge >= 0.3 is 5.97 Å². The van der Waals surface area contributed by atoms with E-state index in [0.717, 1.165) is 27.8 Å². The molecule has 4 nitrogen and oxygen atoms in total. The number of thiazole rings is 1. The van der Waals surface area contributed by atoms with Gasteiger partial charge in [-0.25, -0.2) is 9.78 Å². The Morgan fingerprint density at radius 1 is 1.44 bits per heavy atom. The molecule has 0 aliphatic carbocycles. The van der Waals surface area contributed by atoms with Gasteiger partial charge in [-0.1, -0.05) is 11.3 Å². The van der Waals surface area contributed by atoms with Gasteiger partial charge in [0.25, 0.3) is 0 Å². The summed E-state index contributed by atoms with van der Waals surface area (Å²) in [5.41, 5.74) is 0. The molecule has 0 spiro atoms. The van der Waals surface area contributed by atoms with Gasteiger partial charge in [0, 0.05) is 13.1 Å². The van der Waals surface area contributed by atoms with Crippen LogP contribution in [0.15, 0.2) is 6.07 Å². The van der Waals surface area contributed by atoms with Crippen LogP contribution in [0.5, 0.6) is 0 Å². The second-order valence-corrected chi connectivity index (χ2v) is 6.23. The van der Waals surface area contributed by atoms with Crippen LogP contribution in [0.3, 0.4) is 0 Å². The number of thiophene rings is 1. The molecule has 0 bridgehead atoms. The molecule has 1 aliphatic heterocycles. The normalized spacial score (nSPS) is 15.5. The average molecular weight is 282 g/mol. The molecule has 96 valence electrons. The fraction of sp³-hybridized carbons (Fsp3) is 0.500. The Kier molecular flexibility index (Phi) is 3.22. The van der Waals surface area contributed by atoms with E-state index in [9.17, 15) is 4.79 Å². The number of esters is 1. The first kappa shape index (κ1) is 11.9. The van der Waals surface area contributed by atoms with Crippen LogP contribution < -0.4 is 4.90 Å². The van der Waals surface area contributed by atoms with Crippen molar-refractivity contribution in [2.45, 2.75) is 19.8 Å². The van der Waals surface area contributed by atoms with Gasteiger partial charge in [0.05, 0.1) is 11.3 Å². The van der Waals surface area contributed by atoms with Crippen molar-refractivity contribution in [1.82, 2.24) is 4.98 Å². The Balaban J connectivity index is 1.86. The molecule has 1 aliphatic rings. The van der Waals surface area contributed by atoms with E-state index in [1.165, 1.54) is 24.2 Å². The molecular weight excluding hydrogens is 268 g/mol. The molecule has 1 fully saturated rings. The van der Waals surface area contributed by atoms with Gasteiger partial charge in [-0.15, -0.1) is 11.3 Å². The van der Waals surface area contributed by atoms with Crippen LogP contribution in [0.4, 0.5) is 5.13 Å². The molecule has 18 heavy (non-hydrogen) atoms. The maximum absolute atomic E-state index is 11.6. The smallest absolute Gasteiger partial charge is 0.348 e. The lowest BCUT2D eigenvalue weighted by atomic mass is 10.4. The number of ether oxygens (including phenoxy) is 1. The second kappa shape index (κ2) is 4.85. The SMILES string of the molecule is CCOC(=O)c1cc2sc(N3CCCC3)nc2s1. The molecule has 1 saturated heterocycles. The number of rotatable bonds is 3. The fourth-order valence-electron chi connectivity index (χ4n) is 2.07. The summed E-state index contributed by atoms with van der Waals surface area (Å²) in [5, 5.41) is 1.09. The first-order valence-electron chi connectivity index (χ1n) is 6.10. The van der Waals surface area contributed by atoms with Crippen LogP contribution in [-0.2, 0) is 4.74 Å². The molecule has 0 aromatic carbocycles. The average Bonchev–Trinajstić information content (AvgIpc) is 3.03. The number of hydrogen-bond donors (Lipinski definition) is 0. The van der Waals surface area contributed by atoms with Crippen molar-refractivity contribution in [1.29, 1.82) is 0 Å². The third-order valence-corrected chi connectivity index (χ3v) is 5.13. The highest BCUT2D eigenvalue weighted by Crippen LogP contribution is 2.35. The molecular formula is C12H14N2O2S2. The van der Waals surface area contributed by atoms with Gasteiger partial charge in [0.2, 0.25) is 0 Å². The van der Waals surface area contributed by atoms with E-state index < -0.39 is 0 Å². The van der Waals surface area contributed by atoms with E-state index in [1.54, 1.807) is 11.3 Å². The van der Waals surface area contributed by atoms with E-state index >= 15 is 0 Å². The van der Waals surface area contributed by atoms with Crippen LogP contribution in [0.1, 0.15) is 29.4 Å². The minimum absolute atomic E-state index is 0.240. The summed E-state index contributed by atoms with van der Waals surface area (Å²) in [6, 6.07) is 1.90. The molecule has 2 aromatic heterocycles. The number of carbonyl (C=O) groups is 1. The molecule has 0 radical (unpaired) electrons. The van der Waals surface area contributed by atoms with Crippen LogP contribution in [0.2, 0.25) is 0 Å². The third-order valence-electron chi connectivity index (χ3n) is 2.93. The third kappa shape index (κ3) is 2.10. The van der Waals surface area contributed by atoms with Crippen molar-refractivity contribution in [2.24, 2.45) is 0 Å². The van der Waals surface area contributed by atoms with Gasteiger partial charge in [-0.05, 0) is 25.8 Å². The van der Waals surface area contributed by atoms with Gasteiger partial charge in [-0.2, -0.15) is 0 Å². The van der Waals surface area contributed by atoms with Crippen LogP contribution in [-0.4, -0.2) is 30.6 Å². The molecule has 2 aromatic rings. The minimum atomic E-state index is -0.240. The minimum Gasteiger partial charge on any atom is -0.462 e. The Morgan fingerprint density at radius 3 is 2.89 bits per heavy atom. The summed E-state index contributed by atoms with van der Waals surface area (Å²) in [6.07, 6.45) is 2.50. The van der Waals surface area contributed by atoms with E-state index in [2.05, 4.69) is 9.88 Å². The van der Waals surface area contributed by atoms with Gasteiger partial charge in [0.1, 0.15) is 9.71 Å². The Morgan fingerprint density at radius 2 is 2.22 bits per heavy atom. The highest BCUT2D eigenvalue weighted by atomic mass is 32.1. The summed E-state index contributed by atoms with van der Waals surface area (Å²) < 4.78 is 6.08. The van der Waals surface area contributed by atoms with E-state index in [-0.39, 0.29) is 5.97 Å². The zero-order chi connectivity index (χ0) is 12.5. The van der Waals surface area contributed by atoms with E-state index in [1.807, 2.05) is 13.0 Å². The van der Waals surface area contributed by atoms with Crippen molar-refractivity contribution in [2.75, 3.05) is 24.6 Å². The maximum atomic E-state index is 11.6. The highest BCUT2D eigenvalue weighted by Gasteiger charge is 2.19. The topological polar surface area (TPSA) is 42.4 Å². The van der Waals surface area contributed by atoms with Crippen LogP contribution in [0.25, 0.3) is 9.53 Å². The van der Waals surface area contributed by atoms with Gasteiger partial charge in [-0.3, -0.25) is 0 Å². The fourth-order valence-corrected chi connectivity index (χ4v) is 4.23. The molecule has 3 rings (SSSR count). The number of nitrogens with zero attached hydrogens (tertiary/aromatic N) is 2. The Labute approximate surface area is 113 Å². The molecule has 0 N–H and O–H groups in total. The first-order chi connectivity index (χ1) is 8.78. The molecule has 6 heteroatoms. The number of hydrogen-bond acceptors (Lipinski definition) is 6. The Bertz CT molecular complexity index is 538. The lowest BCUT2D eigenvalue weighted by molar-refractivity contribution is 0.0532. The summed E-state index contributed by atoms with van der Waals surface area (Å²) in [4.78, 5) is 20.1. The van der Waals surface area contributed by atoms with Crippen molar-refractivity contribution >= 4 is 43.3 Å². The van der Waals surface area contributed by atoms with Gasteiger partial charge < -0.3 is 9.64 Å². The van der Waals surface area contributed by atoms with Crippen molar-refractivity contribution in [3.05, 3.63) is 10.9 Å².